The average Bonchev–Trinajstić information content (AvgIpc) is 3.25. The van der Waals surface area contributed by atoms with Crippen LogP contribution in [0.25, 0.3) is 11.0 Å². The molecule has 1 saturated carbocycles. The molecule has 2 heterocycles. The second-order valence-electron chi connectivity index (χ2n) is 6.25. The maximum absolute atomic E-state index is 13.3. The molecule has 1 aromatic carbocycles. The predicted molar refractivity (Wildman–Crippen MR) is 82.1 cm³/mol. The highest BCUT2D eigenvalue weighted by Gasteiger charge is 2.32. The minimum atomic E-state index is -0.218. The third-order valence-electron chi connectivity index (χ3n) is 4.52. The molecule has 2 N–H and O–H groups in total. The van der Waals surface area contributed by atoms with E-state index in [1.807, 2.05) is 0 Å². The van der Waals surface area contributed by atoms with Gasteiger partial charge in [0.05, 0.1) is 11.0 Å². The maximum Gasteiger partial charge on any atom is 0.204 e. The molecule has 5 heteroatoms. The highest BCUT2D eigenvalue weighted by molar-refractivity contribution is 5.77. The number of hydrogen-bond donors (Lipinski definition) is 2. The summed E-state index contributed by atoms with van der Waals surface area (Å²) in [5, 5.41) is 3.60. The van der Waals surface area contributed by atoms with E-state index in [0.29, 0.717) is 12.1 Å². The van der Waals surface area contributed by atoms with E-state index in [0.717, 1.165) is 30.1 Å². The summed E-state index contributed by atoms with van der Waals surface area (Å²) in [5.41, 5.74) is 1.63. The minimum Gasteiger partial charge on any atom is -0.338 e. The Morgan fingerprint density at radius 2 is 2.14 bits per heavy atom. The Hall–Kier alpha value is -1.62. The molecule has 2 fully saturated rings. The summed E-state index contributed by atoms with van der Waals surface area (Å²) in [6, 6.07) is 5.88. The Kier molecular flexibility index (Phi) is 3.30. The zero-order chi connectivity index (χ0) is 14.2. The lowest BCUT2D eigenvalue weighted by molar-refractivity contribution is 0.397. The lowest BCUT2D eigenvalue weighted by Gasteiger charge is -2.30. The van der Waals surface area contributed by atoms with E-state index in [1.165, 1.54) is 44.2 Å². The molecule has 1 aliphatic carbocycles. The van der Waals surface area contributed by atoms with E-state index in [9.17, 15) is 4.39 Å². The molecule has 1 atom stereocenters. The van der Waals surface area contributed by atoms with Crippen molar-refractivity contribution < 1.29 is 4.39 Å². The van der Waals surface area contributed by atoms with Gasteiger partial charge in [0.1, 0.15) is 5.82 Å². The average molecular weight is 288 g/mol. The van der Waals surface area contributed by atoms with Crippen LogP contribution in [0.4, 0.5) is 10.3 Å². The summed E-state index contributed by atoms with van der Waals surface area (Å²) >= 11 is 0. The van der Waals surface area contributed by atoms with E-state index < -0.39 is 0 Å². The van der Waals surface area contributed by atoms with Crippen LogP contribution in [0.15, 0.2) is 18.2 Å². The molecule has 0 bridgehead atoms. The summed E-state index contributed by atoms with van der Waals surface area (Å²) in [5.74, 6) is 0.676. The Morgan fingerprint density at radius 1 is 1.24 bits per heavy atom. The van der Waals surface area contributed by atoms with E-state index in [1.54, 1.807) is 6.07 Å². The third kappa shape index (κ3) is 2.75. The molecule has 0 spiro atoms. The number of halogens is 1. The fourth-order valence-electron chi connectivity index (χ4n) is 3.22. The number of anilines is 1. The minimum absolute atomic E-state index is 0.218. The Labute approximate surface area is 123 Å². The van der Waals surface area contributed by atoms with Gasteiger partial charge < -0.3 is 15.2 Å². The molecule has 112 valence electrons. The van der Waals surface area contributed by atoms with E-state index in [-0.39, 0.29) is 5.82 Å². The lowest BCUT2D eigenvalue weighted by Crippen LogP contribution is -2.45. The molecule has 0 radical (unpaired) electrons. The molecule has 2 aromatic rings. The van der Waals surface area contributed by atoms with Crippen LogP contribution < -0.4 is 10.2 Å². The Bertz CT molecular complexity index is 628. The first kappa shape index (κ1) is 13.1. The van der Waals surface area contributed by atoms with Gasteiger partial charge in [0, 0.05) is 18.6 Å². The SMILES string of the molecule is Fc1ccc2nc(N(CC3CCCCN3)C3CC3)[nH]c2c1. The fraction of sp³-hybridized carbons (Fsp3) is 0.562. The first-order valence-electron chi connectivity index (χ1n) is 7.95. The molecule has 0 amide bonds. The van der Waals surface area contributed by atoms with Crippen molar-refractivity contribution in [2.45, 2.75) is 44.2 Å². The topological polar surface area (TPSA) is 44.0 Å². The van der Waals surface area contributed by atoms with Gasteiger partial charge in [0.15, 0.2) is 0 Å². The zero-order valence-corrected chi connectivity index (χ0v) is 12.1. The second kappa shape index (κ2) is 5.30. The maximum atomic E-state index is 13.3. The number of aromatic nitrogens is 2. The van der Waals surface area contributed by atoms with Crippen LogP contribution in [-0.2, 0) is 0 Å². The number of aromatic amines is 1. The van der Waals surface area contributed by atoms with Crippen LogP contribution in [0.1, 0.15) is 32.1 Å². The summed E-state index contributed by atoms with van der Waals surface area (Å²) < 4.78 is 13.3. The molecule has 1 unspecified atom stereocenters. The highest BCUT2D eigenvalue weighted by Crippen LogP contribution is 2.32. The van der Waals surface area contributed by atoms with Crippen molar-refractivity contribution in [1.82, 2.24) is 15.3 Å². The van der Waals surface area contributed by atoms with Gasteiger partial charge in [-0.2, -0.15) is 0 Å². The molecule has 1 saturated heterocycles. The van der Waals surface area contributed by atoms with Crippen LogP contribution in [0.2, 0.25) is 0 Å². The molecule has 1 aliphatic heterocycles. The van der Waals surface area contributed by atoms with Crippen LogP contribution >= 0.6 is 0 Å². The quantitative estimate of drug-likeness (QED) is 0.909. The highest BCUT2D eigenvalue weighted by atomic mass is 19.1. The summed E-state index contributed by atoms with van der Waals surface area (Å²) in [4.78, 5) is 10.3. The van der Waals surface area contributed by atoms with E-state index in [4.69, 9.17) is 0 Å². The van der Waals surface area contributed by atoms with Crippen LogP contribution in [0.5, 0.6) is 0 Å². The van der Waals surface area contributed by atoms with Gasteiger partial charge in [-0.1, -0.05) is 6.42 Å². The summed E-state index contributed by atoms with van der Waals surface area (Å²) in [7, 11) is 0. The summed E-state index contributed by atoms with van der Waals surface area (Å²) in [6.45, 7) is 2.11. The number of piperidine rings is 1. The van der Waals surface area contributed by atoms with Gasteiger partial charge >= 0.3 is 0 Å². The molecule has 4 nitrogen and oxygen atoms in total. The van der Waals surface area contributed by atoms with Crippen molar-refractivity contribution in [3.05, 3.63) is 24.0 Å². The summed E-state index contributed by atoms with van der Waals surface area (Å²) in [6.07, 6.45) is 6.29. The first-order valence-corrected chi connectivity index (χ1v) is 7.95. The van der Waals surface area contributed by atoms with Crippen molar-refractivity contribution in [2.24, 2.45) is 0 Å². The largest absolute Gasteiger partial charge is 0.338 e. The number of nitrogens with one attached hydrogen (secondary N) is 2. The van der Waals surface area contributed by atoms with Gasteiger partial charge in [-0.05, 0) is 50.4 Å². The molecule has 2 aliphatic rings. The number of hydrogen-bond acceptors (Lipinski definition) is 3. The van der Waals surface area contributed by atoms with Gasteiger partial charge in [0.25, 0.3) is 0 Å². The van der Waals surface area contributed by atoms with Gasteiger partial charge in [0.2, 0.25) is 5.95 Å². The molecular formula is C16H21FN4. The molecular weight excluding hydrogens is 267 g/mol. The predicted octanol–water partition coefficient (Wildman–Crippen LogP) is 2.81. The normalized spacial score (nSPS) is 22.6. The van der Waals surface area contributed by atoms with Crippen molar-refractivity contribution in [3.63, 3.8) is 0 Å². The van der Waals surface area contributed by atoms with Crippen LogP contribution in [-0.4, -0.2) is 35.1 Å². The van der Waals surface area contributed by atoms with Crippen molar-refractivity contribution in [2.75, 3.05) is 18.0 Å². The number of rotatable bonds is 4. The molecule has 4 rings (SSSR count). The van der Waals surface area contributed by atoms with E-state index in [2.05, 4.69) is 20.2 Å². The van der Waals surface area contributed by atoms with Gasteiger partial charge in [-0.15, -0.1) is 0 Å². The van der Waals surface area contributed by atoms with Crippen molar-refractivity contribution in [1.29, 1.82) is 0 Å². The van der Waals surface area contributed by atoms with E-state index >= 15 is 0 Å². The van der Waals surface area contributed by atoms with Gasteiger partial charge in [-0.25, -0.2) is 9.37 Å². The Balaban J connectivity index is 1.59. The molecule has 1 aromatic heterocycles. The fourth-order valence-corrected chi connectivity index (χ4v) is 3.22. The smallest absolute Gasteiger partial charge is 0.204 e. The van der Waals surface area contributed by atoms with Crippen LogP contribution in [0, 0.1) is 5.82 Å². The number of benzene rings is 1. The number of nitrogens with zero attached hydrogens (tertiary/aromatic N) is 2. The van der Waals surface area contributed by atoms with Crippen LogP contribution in [0.3, 0.4) is 0 Å². The Morgan fingerprint density at radius 3 is 2.90 bits per heavy atom. The molecule has 21 heavy (non-hydrogen) atoms. The first-order chi connectivity index (χ1) is 10.3. The number of fused-ring (bicyclic) bond motifs is 1. The standard InChI is InChI=1S/C16H21FN4/c17-11-4-7-14-15(9-11)20-16(19-14)21(13-5-6-13)10-12-3-1-2-8-18-12/h4,7,9,12-13,18H,1-3,5-6,8,10H2,(H,19,20). The van der Waals surface area contributed by atoms with Gasteiger partial charge in [-0.3, -0.25) is 0 Å². The second-order valence-corrected chi connectivity index (χ2v) is 6.25. The number of imidazole rings is 1. The zero-order valence-electron chi connectivity index (χ0n) is 12.1. The third-order valence-corrected chi connectivity index (χ3v) is 4.52. The number of H-pyrrole nitrogens is 1. The van der Waals surface area contributed by atoms with Crippen molar-refractivity contribution >= 4 is 17.0 Å². The monoisotopic (exact) mass is 288 g/mol. The lowest BCUT2D eigenvalue weighted by atomic mass is 10.0. The van der Waals surface area contributed by atoms with Crippen molar-refractivity contribution in [3.8, 4) is 0 Å².